The van der Waals surface area contributed by atoms with Crippen LogP contribution in [-0.4, -0.2) is 73.5 Å². The van der Waals surface area contributed by atoms with Crippen LogP contribution < -0.4 is 5.32 Å². The molecule has 0 aromatic rings. The lowest BCUT2D eigenvalue weighted by molar-refractivity contribution is -0.130. The highest BCUT2D eigenvalue weighted by molar-refractivity contribution is 8.00. The summed E-state index contributed by atoms with van der Waals surface area (Å²) in [6.07, 6.45) is 0. The fourth-order valence-corrected chi connectivity index (χ4v) is 2.74. The highest BCUT2D eigenvalue weighted by Gasteiger charge is 2.21. The van der Waals surface area contributed by atoms with Crippen LogP contribution >= 0.6 is 11.8 Å². The molecule has 1 aliphatic heterocycles. The van der Waals surface area contributed by atoms with E-state index < -0.39 is 0 Å². The average Bonchev–Trinajstić information content (AvgIpc) is 2.28. The molecule has 1 amide bonds. The molecule has 0 aromatic heterocycles. The molecule has 1 aliphatic rings. The van der Waals surface area contributed by atoms with Gasteiger partial charge in [-0.2, -0.15) is 0 Å². The average molecular weight is 245 g/mol. The first-order chi connectivity index (χ1) is 7.61. The van der Waals surface area contributed by atoms with Crippen LogP contribution in [0.15, 0.2) is 0 Å². The van der Waals surface area contributed by atoms with Gasteiger partial charge in [0.1, 0.15) is 0 Å². The largest absolute Gasteiger partial charge is 0.339 e. The van der Waals surface area contributed by atoms with E-state index in [0.717, 1.165) is 38.5 Å². The van der Waals surface area contributed by atoms with Gasteiger partial charge in [0.05, 0.1) is 5.25 Å². The number of piperazine rings is 1. The Morgan fingerprint density at radius 2 is 2.06 bits per heavy atom. The lowest BCUT2D eigenvalue weighted by atomic mass is 10.3. The minimum Gasteiger partial charge on any atom is -0.339 e. The normalized spacial score (nSPS) is 18.9. The summed E-state index contributed by atoms with van der Waals surface area (Å²) in [5, 5.41) is 3.35. The van der Waals surface area contributed by atoms with E-state index in [1.54, 1.807) is 11.8 Å². The Balaban J connectivity index is 2.23. The van der Waals surface area contributed by atoms with Gasteiger partial charge < -0.3 is 15.1 Å². The molecule has 94 valence electrons. The zero-order valence-corrected chi connectivity index (χ0v) is 11.3. The van der Waals surface area contributed by atoms with Crippen molar-refractivity contribution in [1.82, 2.24) is 15.1 Å². The summed E-state index contributed by atoms with van der Waals surface area (Å²) in [6, 6.07) is 0. The van der Waals surface area contributed by atoms with Crippen LogP contribution in [0.25, 0.3) is 0 Å². The van der Waals surface area contributed by atoms with Gasteiger partial charge in [-0.15, -0.1) is 11.8 Å². The quantitative estimate of drug-likeness (QED) is 0.745. The number of nitrogens with one attached hydrogen (secondary N) is 1. The lowest BCUT2D eigenvalue weighted by Crippen LogP contribution is -2.48. The molecule has 16 heavy (non-hydrogen) atoms. The summed E-state index contributed by atoms with van der Waals surface area (Å²) in [7, 11) is 4.12. The summed E-state index contributed by atoms with van der Waals surface area (Å²) < 4.78 is 0. The van der Waals surface area contributed by atoms with Crippen molar-refractivity contribution in [1.29, 1.82) is 0 Å². The number of hydrogen-bond acceptors (Lipinski definition) is 4. The maximum absolute atomic E-state index is 12.0. The van der Waals surface area contributed by atoms with E-state index in [-0.39, 0.29) is 5.25 Å². The Hall–Kier alpha value is -0.260. The van der Waals surface area contributed by atoms with Crippen LogP contribution in [0.3, 0.4) is 0 Å². The minimum atomic E-state index is 0.0954. The number of nitrogens with zero attached hydrogens (tertiary/aromatic N) is 2. The predicted molar refractivity (Wildman–Crippen MR) is 69.9 cm³/mol. The molecule has 0 bridgehead atoms. The molecule has 1 atom stereocenters. The van der Waals surface area contributed by atoms with E-state index in [1.165, 1.54) is 0 Å². The molecule has 0 saturated carbocycles. The van der Waals surface area contributed by atoms with Crippen molar-refractivity contribution < 1.29 is 4.79 Å². The van der Waals surface area contributed by atoms with Crippen LogP contribution in [0.2, 0.25) is 0 Å². The molecule has 1 rings (SSSR count). The van der Waals surface area contributed by atoms with Crippen molar-refractivity contribution in [3.63, 3.8) is 0 Å². The Kier molecular flexibility index (Phi) is 6.16. The third-order valence-electron chi connectivity index (χ3n) is 2.68. The van der Waals surface area contributed by atoms with E-state index in [1.807, 2.05) is 11.8 Å². The topological polar surface area (TPSA) is 35.6 Å². The van der Waals surface area contributed by atoms with Crippen molar-refractivity contribution in [2.45, 2.75) is 12.2 Å². The first kappa shape index (κ1) is 13.8. The number of thioether (sulfide) groups is 1. The molecule has 0 aromatic carbocycles. The van der Waals surface area contributed by atoms with Crippen LogP contribution in [0.1, 0.15) is 6.92 Å². The van der Waals surface area contributed by atoms with Gasteiger partial charge in [0.2, 0.25) is 5.91 Å². The molecule has 1 fully saturated rings. The predicted octanol–water partition coefficient (Wildman–Crippen LogP) is 0.102. The van der Waals surface area contributed by atoms with Gasteiger partial charge in [-0.25, -0.2) is 0 Å². The Morgan fingerprint density at radius 1 is 1.44 bits per heavy atom. The molecule has 1 N–H and O–H groups in total. The molecule has 4 nitrogen and oxygen atoms in total. The van der Waals surface area contributed by atoms with Gasteiger partial charge in [0, 0.05) is 38.5 Å². The Labute approximate surface area is 103 Å². The maximum Gasteiger partial charge on any atom is 0.235 e. The van der Waals surface area contributed by atoms with E-state index in [9.17, 15) is 4.79 Å². The van der Waals surface area contributed by atoms with Crippen molar-refractivity contribution in [2.75, 3.05) is 52.6 Å². The number of amides is 1. The van der Waals surface area contributed by atoms with Crippen molar-refractivity contribution >= 4 is 17.7 Å². The highest BCUT2D eigenvalue weighted by Crippen LogP contribution is 2.13. The minimum absolute atomic E-state index is 0.0954. The lowest BCUT2D eigenvalue weighted by Gasteiger charge is -2.29. The zero-order valence-electron chi connectivity index (χ0n) is 10.5. The van der Waals surface area contributed by atoms with E-state index >= 15 is 0 Å². The summed E-state index contributed by atoms with van der Waals surface area (Å²) in [6.45, 7) is 6.63. The van der Waals surface area contributed by atoms with Gasteiger partial charge in [0.25, 0.3) is 0 Å². The second-order valence-electron chi connectivity index (χ2n) is 4.39. The molecule has 5 heteroatoms. The Morgan fingerprint density at radius 3 is 2.62 bits per heavy atom. The summed E-state index contributed by atoms with van der Waals surface area (Å²) in [5.74, 6) is 1.32. The van der Waals surface area contributed by atoms with Gasteiger partial charge >= 0.3 is 0 Å². The maximum atomic E-state index is 12.0. The molecule has 1 heterocycles. The van der Waals surface area contributed by atoms with Crippen LogP contribution in [0.5, 0.6) is 0 Å². The second-order valence-corrected chi connectivity index (χ2v) is 5.84. The van der Waals surface area contributed by atoms with E-state index in [4.69, 9.17) is 0 Å². The third kappa shape index (κ3) is 4.72. The van der Waals surface area contributed by atoms with Crippen molar-refractivity contribution in [3.05, 3.63) is 0 Å². The van der Waals surface area contributed by atoms with Gasteiger partial charge in [-0.1, -0.05) is 0 Å². The molecule has 1 unspecified atom stereocenters. The van der Waals surface area contributed by atoms with Gasteiger partial charge in [-0.05, 0) is 21.0 Å². The fourth-order valence-electron chi connectivity index (χ4n) is 1.63. The summed E-state index contributed by atoms with van der Waals surface area (Å²) >= 11 is 1.75. The molecule has 1 saturated heterocycles. The van der Waals surface area contributed by atoms with Crippen LogP contribution in [0, 0.1) is 0 Å². The highest BCUT2D eigenvalue weighted by atomic mass is 32.2. The third-order valence-corrected chi connectivity index (χ3v) is 3.80. The molecule has 0 aliphatic carbocycles. The zero-order chi connectivity index (χ0) is 12.0. The molecular weight excluding hydrogens is 222 g/mol. The first-order valence-electron chi connectivity index (χ1n) is 5.87. The monoisotopic (exact) mass is 245 g/mol. The fraction of sp³-hybridized carbons (Fsp3) is 0.909. The number of carbonyl (C=O) groups is 1. The number of hydrogen-bond donors (Lipinski definition) is 1. The van der Waals surface area contributed by atoms with E-state index in [2.05, 4.69) is 24.3 Å². The smallest absolute Gasteiger partial charge is 0.235 e. The van der Waals surface area contributed by atoms with Gasteiger partial charge in [-0.3, -0.25) is 4.79 Å². The summed E-state index contributed by atoms with van der Waals surface area (Å²) in [4.78, 5) is 16.2. The van der Waals surface area contributed by atoms with Crippen molar-refractivity contribution in [2.24, 2.45) is 0 Å². The molecule has 0 radical (unpaired) electrons. The molecule has 0 spiro atoms. The van der Waals surface area contributed by atoms with Crippen LogP contribution in [-0.2, 0) is 4.79 Å². The van der Waals surface area contributed by atoms with Crippen LogP contribution in [0.4, 0.5) is 0 Å². The Bertz CT molecular complexity index is 217. The number of carbonyl (C=O) groups excluding carboxylic acids is 1. The SMILES string of the molecule is CC(SCCN(C)C)C(=O)N1CCNCC1. The first-order valence-corrected chi connectivity index (χ1v) is 6.92. The van der Waals surface area contributed by atoms with E-state index in [0.29, 0.717) is 5.91 Å². The summed E-state index contributed by atoms with van der Waals surface area (Å²) in [5.41, 5.74) is 0. The van der Waals surface area contributed by atoms with Crippen molar-refractivity contribution in [3.8, 4) is 0 Å². The standard InChI is InChI=1S/C11H23N3OS/c1-10(16-9-8-13(2)3)11(15)14-6-4-12-5-7-14/h10,12H,4-9H2,1-3H3. The van der Waals surface area contributed by atoms with Gasteiger partial charge in [0.15, 0.2) is 0 Å². The molecular formula is C11H23N3OS. The second kappa shape index (κ2) is 7.14. The number of rotatable bonds is 5.